The zero-order valence-corrected chi connectivity index (χ0v) is 9.20. The molecule has 3 nitrogen and oxygen atoms in total. The minimum atomic E-state index is 0.427. The number of nitrogens with zero attached hydrogens (tertiary/aromatic N) is 2. The number of carbonyl (C=O) groups excluding carboxylic acids is 1. The van der Waals surface area contributed by atoms with Gasteiger partial charge in [0, 0.05) is 38.0 Å². The van der Waals surface area contributed by atoms with Gasteiger partial charge in [0.25, 0.3) is 0 Å². The third kappa shape index (κ3) is 2.34. The Balaban J connectivity index is 1.84. The lowest BCUT2D eigenvalue weighted by Crippen LogP contribution is -2.50. The second-order valence-electron chi connectivity index (χ2n) is 4.84. The van der Waals surface area contributed by atoms with E-state index in [2.05, 4.69) is 23.9 Å². The van der Waals surface area contributed by atoms with Crippen molar-refractivity contribution in [3.8, 4) is 0 Å². The third-order valence-corrected chi connectivity index (χ3v) is 3.45. The summed E-state index contributed by atoms with van der Waals surface area (Å²) >= 11 is 0. The summed E-state index contributed by atoms with van der Waals surface area (Å²) in [5, 5.41) is 0. The molecule has 3 heteroatoms. The molecule has 0 radical (unpaired) electrons. The number of rotatable bonds is 3. The predicted octanol–water partition coefficient (Wildman–Crippen LogP) is 0.601. The molecule has 0 aromatic carbocycles. The van der Waals surface area contributed by atoms with E-state index in [-0.39, 0.29) is 0 Å². The van der Waals surface area contributed by atoms with Crippen LogP contribution in [0.15, 0.2) is 0 Å². The van der Waals surface area contributed by atoms with Gasteiger partial charge in [-0.05, 0) is 26.9 Å². The molecule has 0 aromatic rings. The summed E-state index contributed by atoms with van der Waals surface area (Å²) in [6.07, 6.45) is 3.06. The normalized spacial score (nSPS) is 30.6. The highest BCUT2D eigenvalue weighted by molar-refractivity contribution is 5.83. The number of Topliss-reactive ketones (excluding diaryl/α,β-unsaturated/α-hetero) is 1. The summed E-state index contributed by atoms with van der Waals surface area (Å²) in [4.78, 5) is 16.3. The molecule has 14 heavy (non-hydrogen) atoms. The summed E-state index contributed by atoms with van der Waals surface area (Å²) in [5.41, 5.74) is 0. The number of ketones is 1. The highest BCUT2D eigenvalue weighted by atomic mass is 16.1. The van der Waals surface area contributed by atoms with Crippen LogP contribution in [0.2, 0.25) is 0 Å². The Labute approximate surface area is 86.1 Å². The highest BCUT2D eigenvalue weighted by Gasteiger charge is 2.33. The van der Waals surface area contributed by atoms with Gasteiger partial charge in [-0.25, -0.2) is 0 Å². The van der Waals surface area contributed by atoms with Crippen LogP contribution in [0, 0.1) is 5.92 Å². The molecule has 1 atom stereocenters. The number of hydrogen-bond donors (Lipinski definition) is 0. The molecule has 1 saturated heterocycles. The first kappa shape index (κ1) is 10.1. The summed E-state index contributed by atoms with van der Waals surface area (Å²) in [5.74, 6) is 0.924. The SMILES string of the molecule is CN1CCN(C)C(CC(=O)C2CC2)C1. The fraction of sp³-hybridized carbons (Fsp3) is 0.909. The second-order valence-corrected chi connectivity index (χ2v) is 4.84. The van der Waals surface area contributed by atoms with Gasteiger partial charge in [0.2, 0.25) is 0 Å². The van der Waals surface area contributed by atoms with Crippen LogP contribution in [0.4, 0.5) is 0 Å². The largest absolute Gasteiger partial charge is 0.304 e. The fourth-order valence-corrected chi connectivity index (χ4v) is 2.13. The molecule has 0 aromatic heterocycles. The van der Waals surface area contributed by atoms with E-state index in [1.165, 1.54) is 0 Å². The first-order valence-electron chi connectivity index (χ1n) is 5.58. The van der Waals surface area contributed by atoms with Crippen LogP contribution >= 0.6 is 0 Å². The minimum absolute atomic E-state index is 0.427. The van der Waals surface area contributed by atoms with Gasteiger partial charge >= 0.3 is 0 Å². The molecule has 2 rings (SSSR count). The lowest BCUT2D eigenvalue weighted by atomic mass is 10.0. The molecule has 1 unspecified atom stereocenters. The molecule has 80 valence electrons. The van der Waals surface area contributed by atoms with Gasteiger partial charge in [0.05, 0.1) is 0 Å². The maximum atomic E-state index is 11.7. The Morgan fingerprint density at radius 3 is 2.64 bits per heavy atom. The van der Waals surface area contributed by atoms with E-state index in [0.29, 0.717) is 17.7 Å². The van der Waals surface area contributed by atoms with Gasteiger partial charge < -0.3 is 9.80 Å². The van der Waals surface area contributed by atoms with Crippen molar-refractivity contribution in [2.45, 2.75) is 25.3 Å². The highest BCUT2D eigenvalue weighted by Crippen LogP contribution is 2.31. The summed E-state index contributed by atoms with van der Waals surface area (Å²) < 4.78 is 0. The molecule has 1 aliphatic heterocycles. The molecular weight excluding hydrogens is 176 g/mol. The topological polar surface area (TPSA) is 23.6 Å². The average Bonchev–Trinajstić information content (AvgIpc) is 2.94. The van der Waals surface area contributed by atoms with Crippen LogP contribution < -0.4 is 0 Å². The zero-order chi connectivity index (χ0) is 10.1. The Kier molecular flexibility index (Phi) is 2.88. The first-order chi connectivity index (χ1) is 6.66. The monoisotopic (exact) mass is 196 g/mol. The maximum absolute atomic E-state index is 11.7. The first-order valence-corrected chi connectivity index (χ1v) is 5.58. The van der Waals surface area contributed by atoms with Crippen LogP contribution in [0.5, 0.6) is 0 Å². The van der Waals surface area contributed by atoms with Crippen LogP contribution in [0.3, 0.4) is 0 Å². The van der Waals surface area contributed by atoms with E-state index in [0.717, 1.165) is 38.9 Å². The third-order valence-electron chi connectivity index (χ3n) is 3.45. The van der Waals surface area contributed by atoms with E-state index >= 15 is 0 Å². The second kappa shape index (κ2) is 3.99. The van der Waals surface area contributed by atoms with Crippen molar-refractivity contribution in [2.24, 2.45) is 5.92 Å². The summed E-state index contributed by atoms with van der Waals surface area (Å²) in [6, 6.07) is 0.460. The lowest BCUT2D eigenvalue weighted by Gasteiger charge is -2.37. The van der Waals surface area contributed by atoms with Crippen LogP contribution in [0.1, 0.15) is 19.3 Å². The van der Waals surface area contributed by atoms with Gasteiger partial charge in [-0.1, -0.05) is 0 Å². The number of likely N-dealkylation sites (N-methyl/N-ethyl adjacent to an activating group) is 2. The van der Waals surface area contributed by atoms with Crippen molar-refractivity contribution in [1.29, 1.82) is 0 Å². The Morgan fingerprint density at radius 2 is 2.00 bits per heavy atom. The van der Waals surface area contributed by atoms with Crippen LogP contribution in [0.25, 0.3) is 0 Å². The van der Waals surface area contributed by atoms with Crippen molar-refractivity contribution in [3.05, 3.63) is 0 Å². The lowest BCUT2D eigenvalue weighted by molar-refractivity contribution is -0.121. The minimum Gasteiger partial charge on any atom is -0.304 e. The van der Waals surface area contributed by atoms with Gasteiger partial charge in [-0.3, -0.25) is 4.79 Å². The molecule has 0 amide bonds. The number of carbonyl (C=O) groups is 1. The molecule has 1 heterocycles. The Morgan fingerprint density at radius 1 is 1.29 bits per heavy atom. The van der Waals surface area contributed by atoms with Gasteiger partial charge in [-0.2, -0.15) is 0 Å². The summed E-state index contributed by atoms with van der Waals surface area (Å²) in [6.45, 7) is 3.28. The molecule has 2 aliphatic rings. The zero-order valence-electron chi connectivity index (χ0n) is 9.20. The van der Waals surface area contributed by atoms with Gasteiger partial charge in [0.1, 0.15) is 5.78 Å². The molecule has 0 spiro atoms. The van der Waals surface area contributed by atoms with Crippen molar-refractivity contribution in [3.63, 3.8) is 0 Å². The fourth-order valence-electron chi connectivity index (χ4n) is 2.13. The molecule has 1 saturated carbocycles. The van der Waals surface area contributed by atoms with E-state index < -0.39 is 0 Å². The van der Waals surface area contributed by atoms with Crippen LogP contribution in [-0.2, 0) is 4.79 Å². The van der Waals surface area contributed by atoms with E-state index in [1.54, 1.807) is 0 Å². The Bertz CT molecular complexity index is 225. The summed E-state index contributed by atoms with van der Waals surface area (Å²) in [7, 11) is 4.28. The smallest absolute Gasteiger partial charge is 0.137 e. The molecular formula is C11H20N2O. The molecule has 1 aliphatic carbocycles. The number of piperazine rings is 1. The number of hydrogen-bond acceptors (Lipinski definition) is 3. The van der Waals surface area contributed by atoms with Crippen molar-refractivity contribution in [2.75, 3.05) is 33.7 Å². The standard InChI is InChI=1S/C11H20N2O/c1-12-5-6-13(2)10(8-12)7-11(14)9-3-4-9/h9-10H,3-8H2,1-2H3. The van der Waals surface area contributed by atoms with E-state index in [9.17, 15) is 4.79 Å². The average molecular weight is 196 g/mol. The van der Waals surface area contributed by atoms with Crippen molar-refractivity contribution >= 4 is 5.78 Å². The molecule has 0 bridgehead atoms. The maximum Gasteiger partial charge on any atom is 0.137 e. The van der Waals surface area contributed by atoms with E-state index in [1.807, 2.05) is 0 Å². The molecule has 2 fully saturated rings. The van der Waals surface area contributed by atoms with Crippen LogP contribution in [-0.4, -0.2) is 55.4 Å². The van der Waals surface area contributed by atoms with Gasteiger partial charge in [-0.15, -0.1) is 0 Å². The van der Waals surface area contributed by atoms with E-state index in [4.69, 9.17) is 0 Å². The molecule has 0 N–H and O–H groups in total. The predicted molar refractivity (Wildman–Crippen MR) is 56.3 cm³/mol. The van der Waals surface area contributed by atoms with Gasteiger partial charge in [0.15, 0.2) is 0 Å². The van der Waals surface area contributed by atoms with Crippen molar-refractivity contribution < 1.29 is 4.79 Å². The Hall–Kier alpha value is -0.410. The quantitative estimate of drug-likeness (QED) is 0.660. The van der Waals surface area contributed by atoms with Crippen molar-refractivity contribution in [1.82, 2.24) is 9.80 Å².